The van der Waals surface area contributed by atoms with Crippen LogP contribution in [-0.2, 0) is 22.1 Å². The first kappa shape index (κ1) is 14.1. The number of hydrogen-bond acceptors (Lipinski definition) is 4. The standard InChI is InChI=1S/C12H14N2O3S2/c1-19(17)7-6-14-10-5-3-2-4-9(10)13-12(14)18-8-11(15)16/h2-5H,6-8H2,1H3,(H,15,16). The Labute approximate surface area is 117 Å². The van der Waals surface area contributed by atoms with Crippen LogP contribution in [0.1, 0.15) is 0 Å². The van der Waals surface area contributed by atoms with Gasteiger partial charge in [-0.1, -0.05) is 23.9 Å². The maximum atomic E-state index is 11.2. The molecule has 2 rings (SSSR count). The van der Waals surface area contributed by atoms with Gasteiger partial charge in [0.05, 0.1) is 16.8 Å². The monoisotopic (exact) mass is 298 g/mol. The second-order valence-electron chi connectivity index (χ2n) is 3.99. The molecule has 1 N–H and O–H groups in total. The van der Waals surface area contributed by atoms with Gasteiger partial charge in [-0.15, -0.1) is 0 Å². The molecule has 0 aliphatic heterocycles. The van der Waals surface area contributed by atoms with Crippen LogP contribution >= 0.6 is 11.8 Å². The molecule has 0 amide bonds. The number of carbonyl (C=O) groups is 1. The fraction of sp³-hybridized carbons (Fsp3) is 0.333. The number of hydrogen-bond donors (Lipinski definition) is 1. The number of aromatic nitrogens is 2. The highest BCUT2D eigenvalue weighted by Gasteiger charge is 2.12. The summed E-state index contributed by atoms with van der Waals surface area (Å²) >= 11 is 1.19. The second-order valence-corrected chi connectivity index (χ2v) is 6.49. The Morgan fingerprint density at radius 1 is 1.47 bits per heavy atom. The van der Waals surface area contributed by atoms with Gasteiger partial charge in [0.2, 0.25) is 0 Å². The Hall–Kier alpha value is -1.34. The average molecular weight is 298 g/mol. The Morgan fingerprint density at radius 2 is 2.21 bits per heavy atom. The number of aryl methyl sites for hydroxylation is 1. The van der Waals surface area contributed by atoms with E-state index in [1.54, 1.807) is 6.26 Å². The van der Waals surface area contributed by atoms with Crippen molar-refractivity contribution in [1.29, 1.82) is 0 Å². The molecule has 2 aromatic rings. The summed E-state index contributed by atoms with van der Waals surface area (Å²) < 4.78 is 13.2. The zero-order chi connectivity index (χ0) is 13.8. The third-order valence-corrected chi connectivity index (χ3v) is 4.27. The summed E-state index contributed by atoms with van der Waals surface area (Å²) in [5.74, 6) is -0.373. The smallest absolute Gasteiger partial charge is 0.313 e. The number of rotatable bonds is 6. The lowest BCUT2D eigenvalue weighted by Crippen LogP contribution is -2.08. The number of thioether (sulfide) groups is 1. The van der Waals surface area contributed by atoms with Crippen LogP contribution in [0.15, 0.2) is 29.4 Å². The van der Waals surface area contributed by atoms with Crippen LogP contribution in [-0.4, -0.2) is 42.6 Å². The quantitative estimate of drug-likeness (QED) is 0.820. The number of nitrogens with zero attached hydrogens (tertiary/aromatic N) is 2. The molecule has 1 aromatic heterocycles. The summed E-state index contributed by atoms with van der Waals surface area (Å²) in [6, 6.07) is 7.63. The van der Waals surface area contributed by atoms with E-state index in [4.69, 9.17) is 5.11 Å². The van der Waals surface area contributed by atoms with E-state index in [9.17, 15) is 9.00 Å². The van der Waals surface area contributed by atoms with Crippen molar-refractivity contribution in [3.63, 3.8) is 0 Å². The Bertz CT molecular complexity index is 624. The molecule has 1 heterocycles. The van der Waals surface area contributed by atoms with Crippen molar-refractivity contribution in [3.8, 4) is 0 Å². The maximum absolute atomic E-state index is 11.2. The lowest BCUT2D eigenvalue weighted by molar-refractivity contribution is -0.133. The van der Waals surface area contributed by atoms with Crippen molar-refractivity contribution in [2.75, 3.05) is 17.8 Å². The van der Waals surface area contributed by atoms with Gasteiger partial charge >= 0.3 is 5.97 Å². The van der Waals surface area contributed by atoms with Crippen molar-refractivity contribution in [2.24, 2.45) is 0 Å². The Balaban J connectivity index is 2.33. The molecule has 7 heteroatoms. The molecule has 0 spiro atoms. The molecule has 0 fully saturated rings. The third-order valence-electron chi connectivity index (χ3n) is 2.55. The predicted octanol–water partition coefficient (Wildman–Crippen LogP) is 1.59. The number of para-hydroxylation sites is 2. The van der Waals surface area contributed by atoms with Crippen LogP contribution in [0.2, 0.25) is 0 Å². The molecule has 0 saturated carbocycles. The summed E-state index contributed by atoms with van der Waals surface area (Å²) in [6.07, 6.45) is 1.66. The van der Waals surface area contributed by atoms with Crippen molar-refractivity contribution in [3.05, 3.63) is 24.3 Å². The minimum absolute atomic E-state index is 0.0292. The summed E-state index contributed by atoms with van der Waals surface area (Å²) in [6.45, 7) is 0.575. The maximum Gasteiger partial charge on any atom is 0.313 e. The van der Waals surface area contributed by atoms with Crippen LogP contribution in [0.3, 0.4) is 0 Å². The number of fused-ring (bicyclic) bond motifs is 1. The van der Waals surface area contributed by atoms with Gasteiger partial charge < -0.3 is 9.67 Å². The number of carboxylic acids is 1. The van der Waals surface area contributed by atoms with Crippen molar-refractivity contribution >= 4 is 39.6 Å². The first-order valence-corrected chi connectivity index (χ1v) is 8.39. The molecule has 0 aliphatic rings. The van der Waals surface area contributed by atoms with Gasteiger partial charge in [0.25, 0.3) is 0 Å². The highest BCUT2D eigenvalue weighted by atomic mass is 32.2. The van der Waals surface area contributed by atoms with Gasteiger partial charge in [0, 0.05) is 29.4 Å². The second kappa shape index (κ2) is 6.21. The van der Waals surface area contributed by atoms with Crippen LogP contribution in [0.5, 0.6) is 0 Å². The molecule has 1 atom stereocenters. The third kappa shape index (κ3) is 3.57. The number of imidazole rings is 1. The summed E-state index contributed by atoms with van der Waals surface area (Å²) in [5, 5.41) is 9.41. The van der Waals surface area contributed by atoms with Gasteiger partial charge in [-0.05, 0) is 12.1 Å². The number of carboxylic acid groups (broad SMARTS) is 1. The highest BCUT2D eigenvalue weighted by molar-refractivity contribution is 7.99. The van der Waals surface area contributed by atoms with E-state index < -0.39 is 16.8 Å². The largest absolute Gasteiger partial charge is 0.481 e. The van der Waals surface area contributed by atoms with E-state index in [1.807, 2.05) is 28.8 Å². The fourth-order valence-electron chi connectivity index (χ4n) is 1.73. The van der Waals surface area contributed by atoms with Crippen molar-refractivity contribution in [1.82, 2.24) is 9.55 Å². The predicted molar refractivity (Wildman–Crippen MR) is 77.0 cm³/mol. The molecule has 102 valence electrons. The van der Waals surface area contributed by atoms with E-state index in [-0.39, 0.29) is 5.75 Å². The van der Waals surface area contributed by atoms with Gasteiger partial charge in [-0.25, -0.2) is 4.98 Å². The zero-order valence-electron chi connectivity index (χ0n) is 10.4. The van der Waals surface area contributed by atoms with E-state index in [0.717, 1.165) is 11.0 Å². The Kier molecular flexibility index (Phi) is 4.60. The molecule has 0 bridgehead atoms. The molecule has 19 heavy (non-hydrogen) atoms. The highest BCUT2D eigenvalue weighted by Crippen LogP contribution is 2.23. The van der Waals surface area contributed by atoms with Crippen LogP contribution in [0.4, 0.5) is 0 Å². The van der Waals surface area contributed by atoms with Gasteiger partial charge in [0.1, 0.15) is 0 Å². The topological polar surface area (TPSA) is 72.2 Å². The lowest BCUT2D eigenvalue weighted by atomic mass is 10.3. The lowest BCUT2D eigenvalue weighted by Gasteiger charge is -2.06. The first-order chi connectivity index (χ1) is 9.08. The Morgan fingerprint density at radius 3 is 2.89 bits per heavy atom. The minimum atomic E-state index is -0.888. The van der Waals surface area contributed by atoms with E-state index >= 15 is 0 Å². The normalized spacial score (nSPS) is 12.7. The molecule has 5 nitrogen and oxygen atoms in total. The molecule has 0 saturated heterocycles. The summed E-state index contributed by atoms with van der Waals surface area (Å²) in [4.78, 5) is 15.1. The van der Waals surface area contributed by atoms with Gasteiger partial charge in [0.15, 0.2) is 5.16 Å². The molecular formula is C12H14N2O3S2. The van der Waals surface area contributed by atoms with Crippen LogP contribution < -0.4 is 0 Å². The van der Waals surface area contributed by atoms with Crippen LogP contribution in [0, 0.1) is 0 Å². The molecule has 1 aromatic carbocycles. The number of aliphatic carboxylic acids is 1. The molecule has 1 unspecified atom stereocenters. The molecular weight excluding hydrogens is 284 g/mol. The zero-order valence-corrected chi connectivity index (χ0v) is 12.0. The van der Waals surface area contributed by atoms with Gasteiger partial charge in [-0.2, -0.15) is 0 Å². The molecule has 0 radical (unpaired) electrons. The fourth-order valence-corrected chi connectivity index (χ4v) is 2.93. The minimum Gasteiger partial charge on any atom is -0.481 e. The van der Waals surface area contributed by atoms with Crippen LogP contribution in [0.25, 0.3) is 11.0 Å². The van der Waals surface area contributed by atoms with Crippen molar-refractivity contribution in [2.45, 2.75) is 11.7 Å². The van der Waals surface area contributed by atoms with Gasteiger partial charge in [-0.3, -0.25) is 9.00 Å². The average Bonchev–Trinajstić information content (AvgIpc) is 2.71. The van der Waals surface area contributed by atoms with E-state index in [1.165, 1.54) is 11.8 Å². The number of benzene rings is 1. The first-order valence-electron chi connectivity index (χ1n) is 5.68. The van der Waals surface area contributed by atoms with Crippen molar-refractivity contribution < 1.29 is 14.1 Å². The van der Waals surface area contributed by atoms with E-state index in [0.29, 0.717) is 17.5 Å². The summed E-state index contributed by atoms with van der Waals surface area (Å²) in [5.41, 5.74) is 1.78. The SMILES string of the molecule is CS(=O)CCn1c(SCC(=O)O)nc2ccccc21. The molecule has 0 aliphatic carbocycles. The summed E-state index contributed by atoms with van der Waals surface area (Å²) in [7, 11) is -0.888. The van der Waals surface area contributed by atoms with E-state index in [2.05, 4.69) is 4.98 Å².